The summed E-state index contributed by atoms with van der Waals surface area (Å²) in [6, 6.07) is 11.0. The van der Waals surface area contributed by atoms with Gasteiger partial charge in [0.15, 0.2) is 0 Å². The lowest BCUT2D eigenvalue weighted by Gasteiger charge is -2.38. The Morgan fingerprint density at radius 2 is 0.264 bits per heavy atom. The fraction of sp³-hybridized carbons (Fsp3) is 0.875. The van der Waals surface area contributed by atoms with E-state index >= 15 is 0 Å². The lowest BCUT2D eigenvalue weighted by Crippen LogP contribution is -2.62. The van der Waals surface area contributed by atoms with E-state index in [1.165, 1.54) is 148 Å². The molecule has 0 amide bonds. The van der Waals surface area contributed by atoms with E-state index in [0.717, 1.165) is 48.3 Å². The van der Waals surface area contributed by atoms with Crippen LogP contribution < -0.4 is 0 Å². The number of hydrogen-bond donors (Lipinski definition) is 0. The van der Waals surface area contributed by atoms with Gasteiger partial charge in [-0.25, -0.2) is 36.6 Å². The van der Waals surface area contributed by atoms with Crippen molar-refractivity contribution in [1.29, 1.82) is 0 Å². The topological polar surface area (TPSA) is 24.1 Å². The molecule has 8 heteroatoms. The third-order valence-electron chi connectivity index (χ3n) is 20.1. The van der Waals surface area contributed by atoms with Crippen LogP contribution in [0.15, 0.2) is 0 Å². The first-order valence-corrected chi connectivity index (χ1v) is 30.5. The van der Waals surface area contributed by atoms with Crippen molar-refractivity contribution in [3.05, 3.63) is 0 Å². The largest absolute Gasteiger partial charge is 0.219 e. The Morgan fingerprint density at radius 1 is 0.181 bits per heavy atom. The second-order valence-electron chi connectivity index (χ2n) is 26.4. The summed E-state index contributed by atoms with van der Waals surface area (Å²) in [5, 5.41) is 0. The van der Waals surface area contributed by atoms with Crippen molar-refractivity contribution >= 4 is 45.7 Å². The van der Waals surface area contributed by atoms with Crippen molar-refractivity contribution in [2.75, 3.05) is 0 Å². The first-order chi connectivity index (χ1) is 33.8. The van der Waals surface area contributed by atoms with Gasteiger partial charge in [-0.2, -0.15) is 0 Å². The number of rotatable bonds is 0. The van der Waals surface area contributed by atoms with E-state index < -0.39 is 0 Å². The van der Waals surface area contributed by atoms with Gasteiger partial charge in [-0.05, 0) is 51.4 Å². The number of fused-ring (bicyclic) bond motifs is 4. The Hall–Kier alpha value is -2.64. The molecule has 4 aliphatic heterocycles. The molecular formula is C64H120N8+8. The van der Waals surface area contributed by atoms with Crippen LogP contribution in [0.1, 0.15) is 269 Å². The molecule has 4 saturated heterocycles. The molecule has 0 aromatic heterocycles. The van der Waals surface area contributed by atoms with Crippen LogP contribution in [0.5, 0.6) is 0 Å². The normalized spacial score (nSPS) is 36.3. The standard InChI is InChI=1S/4C16H30N2/c4*1-11(2)17-13(5)14(6)18(12(3)4)16-10-8-7-9-15(16)17/h4*13-16H,7-10H2,1-6H3/q4*+2/t2*13?,14?,15-,16+;2*13?,14?,15-,16-/m..10/s1. The second-order valence-corrected chi connectivity index (χ2v) is 26.4. The molecule has 4 saturated carbocycles. The van der Waals surface area contributed by atoms with Gasteiger partial charge in [-0.3, -0.25) is 0 Å². The minimum Gasteiger partial charge on any atom is -0.219 e. The summed E-state index contributed by atoms with van der Waals surface area (Å²) in [6.07, 6.45) is 22.2. The Morgan fingerprint density at radius 3 is 0.333 bits per heavy atom. The highest BCUT2D eigenvalue weighted by Gasteiger charge is 2.56. The molecule has 0 N–H and O–H groups in total. The summed E-state index contributed by atoms with van der Waals surface area (Å²) < 4.78 is 21.7. The zero-order chi connectivity index (χ0) is 53.8. The molecule has 8 nitrogen and oxygen atoms in total. The Bertz CT molecular complexity index is 1690. The summed E-state index contributed by atoms with van der Waals surface area (Å²) in [6.45, 7) is 55.8. The minimum atomic E-state index is 0.629. The molecule has 408 valence electrons. The van der Waals surface area contributed by atoms with Crippen molar-refractivity contribution in [3.63, 3.8) is 0 Å². The van der Waals surface area contributed by atoms with E-state index in [9.17, 15) is 0 Å². The van der Waals surface area contributed by atoms with E-state index in [-0.39, 0.29) is 0 Å². The van der Waals surface area contributed by atoms with Gasteiger partial charge in [0.2, 0.25) is 96.7 Å². The highest BCUT2D eigenvalue weighted by Crippen LogP contribution is 2.35. The highest BCUT2D eigenvalue weighted by atomic mass is 15.3. The maximum atomic E-state index is 2.72. The van der Waals surface area contributed by atoms with Gasteiger partial charge >= 0.3 is 0 Å². The van der Waals surface area contributed by atoms with E-state index in [1.54, 1.807) is 0 Å². The summed E-state index contributed by atoms with van der Waals surface area (Å²) in [5.74, 6) is 0. The van der Waals surface area contributed by atoms with Crippen LogP contribution in [0.3, 0.4) is 0 Å². The maximum Gasteiger partial charge on any atom is 0.213 e. The third kappa shape index (κ3) is 12.6. The zero-order valence-corrected chi connectivity index (χ0v) is 52.1. The van der Waals surface area contributed by atoms with E-state index in [2.05, 4.69) is 203 Å². The molecule has 0 aromatic rings. The average Bonchev–Trinajstić information content (AvgIpc) is 3.30. The molecule has 8 rings (SSSR count). The predicted octanol–water partition coefficient (Wildman–Crippen LogP) is 12.3. The molecule has 8 fully saturated rings. The van der Waals surface area contributed by atoms with E-state index in [1.807, 2.05) is 0 Å². The first kappa shape index (κ1) is 60.2. The van der Waals surface area contributed by atoms with Crippen LogP contribution in [0.4, 0.5) is 0 Å². The van der Waals surface area contributed by atoms with E-state index in [0.29, 0.717) is 48.3 Å². The predicted molar refractivity (Wildman–Crippen MR) is 313 cm³/mol. The molecule has 4 aliphatic carbocycles. The quantitative estimate of drug-likeness (QED) is 0.216. The van der Waals surface area contributed by atoms with Crippen LogP contribution >= 0.6 is 0 Å². The molecule has 0 aromatic carbocycles. The fourth-order valence-electron chi connectivity index (χ4n) is 17.1. The van der Waals surface area contributed by atoms with Crippen LogP contribution in [-0.2, 0) is 0 Å². The molecule has 4 heterocycles. The van der Waals surface area contributed by atoms with Crippen LogP contribution in [-0.4, -0.2) is 179 Å². The summed E-state index contributed by atoms with van der Waals surface area (Å²) in [7, 11) is 0. The van der Waals surface area contributed by atoms with Gasteiger partial charge in [-0.1, -0.05) is 0 Å². The molecule has 0 spiro atoms. The molecular weight excluding hydrogens is 881 g/mol. The lowest BCUT2D eigenvalue weighted by molar-refractivity contribution is -0.761. The smallest absolute Gasteiger partial charge is 0.213 e. The summed E-state index contributed by atoms with van der Waals surface area (Å²) >= 11 is 0. The number of nitrogens with zero attached hydrogens (tertiary/aromatic N) is 8. The summed E-state index contributed by atoms with van der Waals surface area (Å²) in [5.41, 5.74) is 12.0. The Labute approximate surface area is 446 Å². The zero-order valence-electron chi connectivity index (χ0n) is 52.1. The Balaban J connectivity index is 0.000000178. The fourth-order valence-corrected chi connectivity index (χ4v) is 17.1. The molecule has 8 aliphatic rings. The molecule has 72 heavy (non-hydrogen) atoms. The average molecular weight is 1000 g/mol. The van der Waals surface area contributed by atoms with Crippen molar-refractivity contribution in [2.45, 2.75) is 366 Å². The van der Waals surface area contributed by atoms with Gasteiger partial charge in [0, 0.05) is 218 Å². The molecule has 8 unspecified atom stereocenters. The van der Waals surface area contributed by atoms with Crippen LogP contribution in [0.25, 0.3) is 0 Å². The molecule has 16 atom stereocenters. The van der Waals surface area contributed by atoms with Gasteiger partial charge < -0.3 is 0 Å². The molecule has 0 bridgehead atoms. The highest BCUT2D eigenvalue weighted by molar-refractivity contribution is 5.77. The summed E-state index contributed by atoms with van der Waals surface area (Å²) in [4.78, 5) is 0. The first-order valence-electron chi connectivity index (χ1n) is 30.5. The minimum absolute atomic E-state index is 0.629. The van der Waals surface area contributed by atoms with Crippen LogP contribution in [0, 0.1) is 0 Å². The van der Waals surface area contributed by atoms with E-state index in [4.69, 9.17) is 0 Å². The second kappa shape index (κ2) is 25.9. The SMILES string of the molecule is CC(C)=[N+]1C(C)C(C)[N+](=C(C)C)[C@@H]2CCCC[C@H]21.CC(C)=[N+]1C(C)C(C)[N+](=C(C)C)[C@H]2CCCC[C@@H]21.CC(C)=[N+]1C(C)C(C)[N+](=C(C)C)[C@H]2CCCC[C@H]21.CC(C)=[N+]1C(C)C(C)[N+](=C(C)C)[C@H]2CCCC[C@H]21. The number of piperazine rings is 4. The van der Waals surface area contributed by atoms with Crippen molar-refractivity contribution in [1.82, 2.24) is 0 Å². The van der Waals surface area contributed by atoms with Gasteiger partial charge in [0.05, 0.1) is 0 Å². The van der Waals surface area contributed by atoms with Crippen molar-refractivity contribution < 1.29 is 36.6 Å². The van der Waals surface area contributed by atoms with Gasteiger partial charge in [0.25, 0.3) is 0 Å². The van der Waals surface area contributed by atoms with Crippen molar-refractivity contribution in [3.8, 4) is 0 Å². The molecule has 0 radical (unpaired) electrons. The maximum absolute atomic E-state index is 2.72. The lowest BCUT2D eigenvalue weighted by atomic mass is 9.84. The van der Waals surface area contributed by atoms with Gasteiger partial charge in [-0.15, -0.1) is 0 Å². The Kier molecular flexibility index (Phi) is 21.7. The monoisotopic (exact) mass is 1000 g/mol. The third-order valence-corrected chi connectivity index (χ3v) is 20.1. The van der Waals surface area contributed by atoms with Crippen molar-refractivity contribution in [2.24, 2.45) is 0 Å². The number of hydrogen-bond acceptors (Lipinski definition) is 0. The van der Waals surface area contributed by atoms with Gasteiger partial charge in [0.1, 0.15) is 45.7 Å². The van der Waals surface area contributed by atoms with Crippen LogP contribution in [0.2, 0.25) is 0 Å².